The summed E-state index contributed by atoms with van der Waals surface area (Å²) in [7, 11) is 0. The number of rotatable bonds is 14. The van der Waals surface area contributed by atoms with Crippen molar-refractivity contribution in [3.05, 3.63) is 29.8 Å². The highest BCUT2D eigenvalue weighted by atomic mass is 16.5. The van der Waals surface area contributed by atoms with Crippen LogP contribution < -0.4 is 27.0 Å². The highest BCUT2D eigenvalue weighted by Gasteiger charge is 2.30. The van der Waals surface area contributed by atoms with Crippen LogP contribution in [0.3, 0.4) is 0 Å². The zero-order chi connectivity index (χ0) is 28.2. The normalized spacial score (nSPS) is 13.1. The van der Waals surface area contributed by atoms with Gasteiger partial charge in [0.1, 0.15) is 12.6 Å². The smallest absolute Gasteiger partial charge is 0.312 e. The van der Waals surface area contributed by atoms with Gasteiger partial charge in [0.05, 0.1) is 12.0 Å². The van der Waals surface area contributed by atoms with E-state index in [1.165, 1.54) is 0 Å². The topological polar surface area (TPSA) is 152 Å². The van der Waals surface area contributed by atoms with Gasteiger partial charge in [-0.25, -0.2) is 4.79 Å². The van der Waals surface area contributed by atoms with Gasteiger partial charge in [-0.15, -0.1) is 0 Å². The van der Waals surface area contributed by atoms with E-state index in [0.717, 1.165) is 5.56 Å². The summed E-state index contributed by atoms with van der Waals surface area (Å²) in [5.74, 6) is -1.05. The summed E-state index contributed by atoms with van der Waals surface area (Å²) in [6.07, 6.45) is 1.60. The number of anilines is 1. The number of benzene rings is 1. The van der Waals surface area contributed by atoms with E-state index in [0.29, 0.717) is 31.5 Å². The number of amides is 4. The molecule has 0 aliphatic heterocycles. The first-order chi connectivity index (χ1) is 17.2. The molecule has 0 aliphatic carbocycles. The number of urea groups is 1. The van der Waals surface area contributed by atoms with Crippen molar-refractivity contribution in [2.75, 3.05) is 11.9 Å². The van der Waals surface area contributed by atoms with Crippen LogP contribution >= 0.6 is 0 Å². The molecule has 4 amide bonds. The minimum absolute atomic E-state index is 0.0139. The van der Waals surface area contributed by atoms with Gasteiger partial charge in [0.15, 0.2) is 0 Å². The quantitative estimate of drug-likeness (QED) is 0.188. The highest BCUT2D eigenvalue weighted by Crippen LogP contribution is 2.14. The minimum Gasteiger partial charge on any atom is -0.461 e. The van der Waals surface area contributed by atoms with E-state index in [-0.39, 0.29) is 41.8 Å². The zero-order valence-electron chi connectivity index (χ0n) is 23.3. The Bertz CT molecular complexity index is 893. The average Bonchev–Trinajstić information content (AvgIpc) is 2.79. The van der Waals surface area contributed by atoms with Crippen LogP contribution in [0.4, 0.5) is 10.5 Å². The molecule has 0 heterocycles. The molecule has 1 rings (SSSR count). The Morgan fingerprint density at radius 1 is 0.946 bits per heavy atom. The molecule has 1 aromatic rings. The van der Waals surface area contributed by atoms with E-state index in [1.54, 1.807) is 38.1 Å². The lowest BCUT2D eigenvalue weighted by atomic mass is 9.98. The first kappa shape index (κ1) is 31.9. The van der Waals surface area contributed by atoms with E-state index in [2.05, 4.69) is 21.3 Å². The van der Waals surface area contributed by atoms with Crippen LogP contribution in [0.15, 0.2) is 24.3 Å². The second-order valence-corrected chi connectivity index (χ2v) is 10.9. The van der Waals surface area contributed by atoms with E-state index < -0.39 is 18.1 Å². The van der Waals surface area contributed by atoms with Gasteiger partial charge in [0.2, 0.25) is 11.8 Å². The molecule has 0 aromatic heterocycles. The van der Waals surface area contributed by atoms with E-state index in [1.807, 2.05) is 34.6 Å². The first-order valence-corrected chi connectivity index (χ1v) is 12.9. The van der Waals surface area contributed by atoms with E-state index in [4.69, 9.17) is 10.5 Å². The van der Waals surface area contributed by atoms with Gasteiger partial charge in [0, 0.05) is 17.8 Å². The van der Waals surface area contributed by atoms with Crippen molar-refractivity contribution in [3.8, 4) is 0 Å². The zero-order valence-corrected chi connectivity index (χ0v) is 23.3. The van der Waals surface area contributed by atoms with Crippen molar-refractivity contribution in [2.45, 2.75) is 92.0 Å². The maximum Gasteiger partial charge on any atom is 0.312 e. The van der Waals surface area contributed by atoms with Crippen LogP contribution in [-0.4, -0.2) is 48.0 Å². The predicted octanol–water partition coefficient (Wildman–Crippen LogP) is 3.06. The summed E-state index contributed by atoms with van der Waals surface area (Å²) in [5.41, 5.74) is 6.18. The van der Waals surface area contributed by atoms with Crippen molar-refractivity contribution in [1.29, 1.82) is 0 Å². The largest absolute Gasteiger partial charge is 0.461 e. The second kappa shape index (κ2) is 15.2. The molecule has 1 aromatic carbocycles. The molecule has 0 unspecified atom stereocenters. The van der Waals surface area contributed by atoms with Gasteiger partial charge in [0.25, 0.3) is 0 Å². The van der Waals surface area contributed by atoms with Crippen molar-refractivity contribution in [1.82, 2.24) is 16.0 Å². The Labute approximate surface area is 220 Å². The Morgan fingerprint density at radius 3 is 2.08 bits per heavy atom. The molecule has 10 heteroatoms. The standard InChI is InChI=1S/C27H45N5O5/c1-17(2)22(32-27(5,6)7)24(34)31-21(10-8-9-15-29-26(28)36)23(33)30-20-13-11-19(12-14-20)16-37-25(35)18(3)4/h11-14,17-18,21-22,32H,8-10,15-16H2,1-7H3,(H,30,33)(H,31,34)(H3,28,29,36)/t21-,22-/m0/s1. The van der Waals surface area contributed by atoms with Crippen LogP contribution in [0, 0.1) is 11.8 Å². The number of nitrogens with one attached hydrogen (secondary N) is 4. The number of carbonyl (C=O) groups is 4. The molecule has 0 spiro atoms. The third-order valence-electron chi connectivity index (χ3n) is 5.46. The monoisotopic (exact) mass is 519 g/mol. The first-order valence-electron chi connectivity index (χ1n) is 12.9. The maximum absolute atomic E-state index is 13.2. The summed E-state index contributed by atoms with van der Waals surface area (Å²) in [6, 6.07) is 5.16. The van der Waals surface area contributed by atoms with Gasteiger partial charge in [-0.2, -0.15) is 0 Å². The SMILES string of the molecule is CC(C)C(=O)OCc1ccc(NC(=O)[C@H](CCCCNC(N)=O)NC(=O)[C@@H](NC(C)(C)C)C(C)C)cc1. The van der Waals surface area contributed by atoms with E-state index in [9.17, 15) is 19.2 Å². The molecule has 10 nitrogen and oxygen atoms in total. The summed E-state index contributed by atoms with van der Waals surface area (Å²) in [5, 5.41) is 11.6. The molecule has 6 N–H and O–H groups in total. The molecule has 0 bridgehead atoms. The summed E-state index contributed by atoms with van der Waals surface area (Å²) in [4.78, 5) is 48.9. The number of hydrogen-bond donors (Lipinski definition) is 5. The molecule has 37 heavy (non-hydrogen) atoms. The van der Waals surface area contributed by atoms with Gasteiger partial charge in [-0.1, -0.05) is 39.8 Å². The van der Waals surface area contributed by atoms with Crippen LogP contribution in [-0.2, 0) is 25.7 Å². The van der Waals surface area contributed by atoms with Crippen molar-refractivity contribution in [3.63, 3.8) is 0 Å². The van der Waals surface area contributed by atoms with Gasteiger partial charge in [-0.3, -0.25) is 14.4 Å². The highest BCUT2D eigenvalue weighted by molar-refractivity contribution is 5.97. The number of carbonyl (C=O) groups excluding carboxylic acids is 4. The third-order valence-corrected chi connectivity index (χ3v) is 5.46. The summed E-state index contributed by atoms with van der Waals surface area (Å²) >= 11 is 0. The molecule has 0 radical (unpaired) electrons. The molecule has 2 atom stereocenters. The van der Waals surface area contributed by atoms with Crippen molar-refractivity contribution < 1.29 is 23.9 Å². The number of nitrogens with two attached hydrogens (primary N) is 1. The molecule has 0 saturated heterocycles. The minimum atomic E-state index is -0.768. The number of esters is 1. The van der Waals surface area contributed by atoms with Crippen LogP contribution in [0.1, 0.15) is 73.3 Å². The molecule has 208 valence electrons. The molecular formula is C27H45N5O5. The number of unbranched alkanes of at least 4 members (excludes halogenated alkanes) is 1. The second-order valence-electron chi connectivity index (χ2n) is 10.9. The Kier molecular flexibility index (Phi) is 13.1. The predicted molar refractivity (Wildman–Crippen MR) is 145 cm³/mol. The number of ether oxygens (including phenoxy) is 1. The van der Waals surface area contributed by atoms with Gasteiger partial charge < -0.3 is 31.7 Å². The van der Waals surface area contributed by atoms with Crippen LogP contribution in [0.2, 0.25) is 0 Å². The van der Waals surface area contributed by atoms with Gasteiger partial charge in [-0.05, 0) is 63.6 Å². The third kappa shape index (κ3) is 13.1. The molecule has 0 aliphatic rings. The Balaban J connectivity index is 2.88. The maximum atomic E-state index is 13.2. The number of hydrogen-bond acceptors (Lipinski definition) is 6. The fraction of sp³-hybridized carbons (Fsp3) is 0.630. The molecular weight excluding hydrogens is 474 g/mol. The summed E-state index contributed by atoms with van der Waals surface area (Å²) < 4.78 is 5.23. The average molecular weight is 520 g/mol. The fourth-order valence-corrected chi connectivity index (χ4v) is 3.45. The van der Waals surface area contributed by atoms with Crippen molar-refractivity contribution >= 4 is 29.5 Å². The van der Waals surface area contributed by atoms with Crippen molar-refractivity contribution in [2.24, 2.45) is 17.6 Å². The Hall–Kier alpha value is -3.14. The lowest BCUT2D eigenvalue weighted by molar-refractivity contribution is -0.148. The summed E-state index contributed by atoms with van der Waals surface area (Å²) in [6.45, 7) is 13.9. The van der Waals surface area contributed by atoms with Crippen LogP contribution in [0.5, 0.6) is 0 Å². The fourth-order valence-electron chi connectivity index (χ4n) is 3.45. The lowest BCUT2D eigenvalue weighted by Crippen LogP contribution is -2.57. The lowest BCUT2D eigenvalue weighted by Gasteiger charge is -2.31. The van der Waals surface area contributed by atoms with Gasteiger partial charge >= 0.3 is 12.0 Å². The van der Waals surface area contributed by atoms with Crippen LogP contribution in [0.25, 0.3) is 0 Å². The Morgan fingerprint density at radius 2 is 1.57 bits per heavy atom. The molecule has 0 fully saturated rings. The van der Waals surface area contributed by atoms with E-state index >= 15 is 0 Å². The number of primary amides is 1. The molecule has 0 saturated carbocycles.